The summed E-state index contributed by atoms with van der Waals surface area (Å²) >= 11 is 0. The van der Waals surface area contributed by atoms with Crippen molar-refractivity contribution >= 4 is 40.6 Å². The molecule has 0 bridgehead atoms. The Labute approximate surface area is 203 Å². The molecule has 0 aliphatic carbocycles. The summed E-state index contributed by atoms with van der Waals surface area (Å²) in [4.78, 5) is 53.3. The molecule has 1 aliphatic heterocycles. The van der Waals surface area contributed by atoms with Crippen molar-refractivity contribution in [2.75, 3.05) is 12.3 Å². The molecule has 180 valence electrons. The summed E-state index contributed by atoms with van der Waals surface area (Å²) in [5.41, 5.74) is 4.19. The number of aromatic amines is 1. The van der Waals surface area contributed by atoms with E-state index in [1.165, 1.54) is 0 Å². The molecule has 0 spiro atoms. The first-order valence-electron chi connectivity index (χ1n) is 7.99. The molecule has 6 unspecified atom stereocenters. The van der Waals surface area contributed by atoms with Crippen LogP contribution in [0.2, 0.25) is 0 Å². The first kappa shape index (κ1) is 28.6. The van der Waals surface area contributed by atoms with Crippen LogP contribution in [0.1, 0.15) is 6.23 Å². The van der Waals surface area contributed by atoms with Crippen molar-refractivity contribution < 1.29 is 90.9 Å². The van der Waals surface area contributed by atoms with E-state index in [2.05, 4.69) is 33.4 Å². The van der Waals surface area contributed by atoms with E-state index in [1.54, 1.807) is 0 Å². The number of phosphoric acid groups is 3. The number of hydrogen-bond donors (Lipinski definition) is 8. The van der Waals surface area contributed by atoms with Crippen molar-refractivity contribution in [3.05, 3.63) is 10.4 Å². The molecule has 0 aromatic carbocycles. The van der Waals surface area contributed by atoms with Gasteiger partial charge in [-0.05, 0) is 0 Å². The monoisotopic (exact) mass is 547 g/mol. The van der Waals surface area contributed by atoms with Crippen molar-refractivity contribution in [1.29, 1.82) is 0 Å². The molecule has 0 radical (unpaired) electrons. The molecule has 6 atom stereocenters. The van der Waals surface area contributed by atoms with Gasteiger partial charge in [0.1, 0.15) is 18.3 Å². The smallest absolute Gasteiger partial charge is 0.387 e. The minimum Gasteiger partial charge on any atom is -0.387 e. The average molecular weight is 547 g/mol. The van der Waals surface area contributed by atoms with Crippen LogP contribution in [0.4, 0.5) is 5.95 Å². The molecule has 0 saturated carbocycles. The van der Waals surface area contributed by atoms with Crippen molar-refractivity contribution in [3.63, 3.8) is 0 Å². The predicted molar refractivity (Wildman–Crippen MR) is 96.1 cm³/mol. The fraction of sp³-hybridized carbons (Fsp3) is 0.556. The number of fused-ring (bicyclic) bond motifs is 1. The van der Waals surface area contributed by atoms with Crippen LogP contribution in [0, 0.1) is 0 Å². The zero-order valence-electron chi connectivity index (χ0n) is 16.2. The van der Waals surface area contributed by atoms with Gasteiger partial charge >= 0.3 is 53.0 Å². The quantitative estimate of drug-likeness (QED) is 0.113. The second kappa shape index (κ2) is 10.2. The van der Waals surface area contributed by atoms with Gasteiger partial charge in [0.25, 0.3) is 5.56 Å². The maximum absolute atomic E-state index is 11.8. The fourth-order valence-corrected chi connectivity index (χ4v) is 5.60. The number of nitrogens with two attached hydrogens (primary N) is 1. The molecular formula is C9H15N6NaO14P3+. The Hall–Kier alpha value is -0.630. The Morgan fingerprint density at radius 3 is 2.33 bits per heavy atom. The molecule has 3 heterocycles. The van der Waals surface area contributed by atoms with Crippen molar-refractivity contribution in [2.45, 2.75) is 24.5 Å². The Morgan fingerprint density at radius 2 is 1.73 bits per heavy atom. The number of aromatic nitrogens is 5. The number of aliphatic hydroxyl groups is 2. The molecule has 9 N–H and O–H groups in total. The van der Waals surface area contributed by atoms with Gasteiger partial charge in [0.15, 0.2) is 17.4 Å². The Kier molecular flexibility index (Phi) is 8.81. The zero-order valence-corrected chi connectivity index (χ0v) is 20.9. The minimum absolute atomic E-state index is 0. The van der Waals surface area contributed by atoms with Gasteiger partial charge in [0.05, 0.1) is 6.61 Å². The largest absolute Gasteiger partial charge is 1.00 e. The molecule has 1 aliphatic rings. The zero-order chi connectivity index (χ0) is 24.1. The van der Waals surface area contributed by atoms with Crippen molar-refractivity contribution in [1.82, 2.24) is 25.0 Å². The van der Waals surface area contributed by atoms with Gasteiger partial charge in [-0.25, -0.2) is 13.7 Å². The number of phosphoric ester groups is 1. The number of hydrogen-bond acceptors (Lipinski definition) is 14. The number of anilines is 1. The topological polar surface area (TPSA) is 312 Å². The summed E-state index contributed by atoms with van der Waals surface area (Å²) in [6, 6.07) is 0. The summed E-state index contributed by atoms with van der Waals surface area (Å²) in [7, 11) is -16.8. The van der Waals surface area contributed by atoms with Crippen LogP contribution < -0.4 is 40.9 Å². The number of nitrogen functional groups attached to an aromatic ring is 1. The number of nitrogens with one attached hydrogen (secondary N) is 1. The van der Waals surface area contributed by atoms with E-state index < -0.39 is 60.2 Å². The summed E-state index contributed by atoms with van der Waals surface area (Å²) in [5, 5.41) is 27.5. The number of rotatable bonds is 8. The van der Waals surface area contributed by atoms with Crippen LogP contribution in [0.5, 0.6) is 0 Å². The van der Waals surface area contributed by atoms with Gasteiger partial charge in [-0.15, -0.1) is 5.10 Å². The molecule has 2 aromatic heterocycles. The standard InChI is InChI=1S/C9H15N6O14P3.Na/c10-9-11-6-3(7(18)12-9)13-14-15(6)8-5(17)4(16)2(27-8)1-26-31(22,23)29-32(24,25)28-30(19,20)21;/h2,4-5,8,16-17H,1H2,(H,22,23)(H,24,25)(H2,19,20,21)(H3,10,11,12,18);/q;+1. The molecule has 1 fully saturated rings. The third-order valence-corrected chi connectivity index (χ3v) is 7.55. The molecule has 24 heteroatoms. The van der Waals surface area contributed by atoms with Gasteiger partial charge < -0.3 is 40.3 Å². The van der Waals surface area contributed by atoms with Crippen LogP contribution in [-0.2, 0) is 31.6 Å². The van der Waals surface area contributed by atoms with Crippen molar-refractivity contribution in [2.24, 2.45) is 0 Å². The van der Waals surface area contributed by atoms with Crippen LogP contribution >= 0.6 is 23.5 Å². The minimum atomic E-state index is -5.74. The van der Waals surface area contributed by atoms with E-state index in [1.807, 2.05) is 0 Å². The van der Waals surface area contributed by atoms with Gasteiger partial charge in [0.2, 0.25) is 5.95 Å². The van der Waals surface area contributed by atoms with E-state index in [-0.39, 0.29) is 46.7 Å². The number of aliphatic hydroxyl groups excluding tert-OH is 2. The van der Waals surface area contributed by atoms with Gasteiger partial charge in [0, 0.05) is 0 Å². The SMILES string of the molecule is Nc1nc2c(nnn2C2OC(COP(=O)(O)OP(=O)(O)OP(=O)(O)O)C(O)C2O)c(=O)[nH]1.[Na+]. The third kappa shape index (κ3) is 6.96. The van der Waals surface area contributed by atoms with Crippen LogP contribution in [0.15, 0.2) is 4.79 Å². The first-order chi connectivity index (χ1) is 14.6. The third-order valence-electron chi connectivity index (χ3n) is 3.75. The second-order valence-electron chi connectivity index (χ2n) is 6.09. The summed E-state index contributed by atoms with van der Waals surface area (Å²) in [6.07, 6.45) is -6.64. The van der Waals surface area contributed by atoms with E-state index in [4.69, 9.17) is 25.2 Å². The Bertz CT molecular complexity index is 1210. The number of ether oxygens (including phenoxy) is 1. The molecule has 20 nitrogen and oxygen atoms in total. The molecule has 1 saturated heterocycles. The maximum atomic E-state index is 11.8. The van der Waals surface area contributed by atoms with Gasteiger partial charge in [-0.1, -0.05) is 5.21 Å². The van der Waals surface area contributed by atoms with E-state index in [9.17, 15) is 33.6 Å². The molecule has 3 rings (SSSR count). The first-order valence-corrected chi connectivity index (χ1v) is 12.5. The Balaban J connectivity index is 0.00000385. The van der Waals surface area contributed by atoms with Crippen LogP contribution in [-0.4, -0.2) is 79.7 Å². The molecule has 2 aromatic rings. The summed E-state index contributed by atoms with van der Waals surface area (Å²) < 4.78 is 51.2. The molecule has 0 amide bonds. The van der Waals surface area contributed by atoms with Gasteiger partial charge in [-0.3, -0.25) is 14.3 Å². The average Bonchev–Trinajstić information content (AvgIpc) is 3.12. The van der Waals surface area contributed by atoms with E-state index in [0.717, 1.165) is 4.68 Å². The fourth-order valence-electron chi connectivity index (χ4n) is 2.57. The number of H-pyrrole nitrogens is 1. The van der Waals surface area contributed by atoms with Gasteiger partial charge in [-0.2, -0.15) is 18.3 Å². The summed E-state index contributed by atoms with van der Waals surface area (Å²) in [5.74, 6) is -0.316. The Morgan fingerprint density at radius 1 is 1.09 bits per heavy atom. The maximum Gasteiger partial charge on any atom is 1.00 e. The predicted octanol–water partition coefficient (Wildman–Crippen LogP) is -5.94. The molecule has 33 heavy (non-hydrogen) atoms. The second-order valence-corrected chi connectivity index (χ2v) is 10.5. The number of nitrogens with zero attached hydrogens (tertiary/aromatic N) is 4. The van der Waals surface area contributed by atoms with E-state index in [0.29, 0.717) is 0 Å². The van der Waals surface area contributed by atoms with Crippen LogP contribution in [0.3, 0.4) is 0 Å². The van der Waals surface area contributed by atoms with E-state index >= 15 is 0 Å². The van der Waals surface area contributed by atoms with Crippen molar-refractivity contribution in [3.8, 4) is 0 Å². The summed E-state index contributed by atoms with van der Waals surface area (Å²) in [6.45, 7) is -1.04. The molecular weight excluding hydrogens is 532 g/mol. The van der Waals surface area contributed by atoms with Crippen LogP contribution in [0.25, 0.3) is 11.2 Å². The normalized spacial score (nSPS) is 27.1.